The number of nitrogens with zero attached hydrogens (tertiary/aromatic N) is 1. The molecule has 152 valence electrons. The van der Waals surface area contributed by atoms with E-state index < -0.39 is 39.1 Å². The van der Waals surface area contributed by atoms with Gasteiger partial charge < -0.3 is 4.90 Å². The summed E-state index contributed by atoms with van der Waals surface area (Å²) < 4.78 is 64.7. The predicted molar refractivity (Wildman–Crippen MR) is 101 cm³/mol. The highest BCUT2D eigenvalue weighted by molar-refractivity contribution is 7.98. The molecule has 0 saturated carbocycles. The number of halogens is 3. The molecule has 28 heavy (non-hydrogen) atoms. The van der Waals surface area contributed by atoms with Crippen molar-refractivity contribution in [3.05, 3.63) is 59.7 Å². The minimum atomic E-state index is -4.66. The van der Waals surface area contributed by atoms with Crippen molar-refractivity contribution >= 4 is 27.7 Å². The number of amides is 1. The number of thioether (sulfide) groups is 1. The second kappa shape index (κ2) is 8.97. The van der Waals surface area contributed by atoms with Crippen molar-refractivity contribution in [1.82, 2.24) is 9.62 Å². The highest BCUT2D eigenvalue weighted by Gasteiger charge is 2.31. The first-order valence-electron chi connectivity index (χ1n) is 8.07. The number of nitrogens with one attached hydrogen (secondary N) is 1. The van der Waals surface area contributed by atoms with Crippen LogP contribution in [0.2, 0.25) is 0 Å². The molecule has 0 heterocycles. The van der Waals surface area contributed by atoms with Crippen LogP contribution in [-0.2, 0) is 27.5 Å². The minimum absolute atomic E-state index is 0.277. The minimum Gasteiger partial charge on any atom is -0.340 e. The zero-order valence-corrected chi connectivity index (χ0v) is 16.8. The fourth-order valence-electron chi connectivity index (χ4n) is 2.31. The topological polar surface area (TPSA) is 66.5 Å². The number of alkyl halides is 3. The van der Waals surface area contributed by atoms with Gasteiger partial charge in [-0.2, -0.15) is 13.2 Å². The van der Waals surface area contributed by atoms with Crippen molar-refractivity contribution in [2.24, 2.45) is 0 Å². The van der Waals surface area contributed by atoms with Gasteiger partial charge in [0.2, 0.25) is 15.9 Å². The molecule has 2 aromatic carbocycles. The second-order valence-electron chi connectivity index (χ2n) is 5.95. The van der Waals surface area contributed by atoms with E-state index in [0.717, 1.165) is 28.7 Å². The van der Waals surface area contributed by atoms with Gasteiger partial charge in [0.05, 0.1) is 17.0 Å². The summed E-state index contributed by atoms with van der Waals surface area (Å²) in [7, 11) is -2.74. The van der Waals surface area contributed by atoms with E-state index >= 15 is 0 Å². The first kappa shape index (κ1) is 22.3. The fourth-order valence-corrected chi connectivity index (χ4v) is 3.74. The molecule has 0 spiro atoms. The van der Waals surface area contributed by atoms with Crippen molar-refractivity contribution in [3.8, 4) is 0 Å². The third-order valence-corrected chi connectivity index (χ3v) is 6.03. The molecular weight excluding hydrogens is 413 g/mol. The summed E-state index contributed by atoms with van der Waals surface area (Å²) in [6.45, 7) is -0.281. The van der Waals surface area contributed by atoms with E-state index in [0.29, 0.717) is 6.07 Å². The van der Waals surface area contributed by atoms with Crippen LogP contribution in [0, 0.1) is 0 Å². The Morgan fingerprint density at radius 3 is 2.36 bits per heavy atom. The summed E-state index contributed by atoms with van der Waals surface area (Å²) in [4.78, 5) is 14.1. The van der Waals surface area contributed by atoms with E-state index in [1.807, 2.05) is 35.2 Å². The van der Waals surface area contributed by atoms with Gasteiger partial charge in [-0.15, -0.1) is 11.8 Å². The van der Waals surface area contributed by atoms with Crippen molar-refractivity contribution in [1.29, 1.82) is 0 Å². The number of hydrogen-bond donors (Lipinski definition) is 1. The lowest BCUT2D eigenvalue weighted by atomic mass is 10.2. The number of carbonyl (C=O) groups is 1. The Morgan fingerprint density at radius 1 is 1.14 bits per heavy atom. The molecule has 2 aromatic rings. The van der Waals surface area contributed by atoms with Crippen LogP contribution in [0.4, 0.5) is 13.2 Å². The number of rotatable bonds is 7. The number of carbonyl (C=O) groups excluding carboxylic acids is 1. The van der Waals surface area contributed by atoms with E-state index in [4.69, 9.17) is 0 Å². The maximum absolute atomic E-state index is 12.8. The van der Waals surface area contributed by atoms with Crippen molar-refractivity contribution in [3.63, 3.8) is 0 Å². The van der Waals surface area contributed by atoms with Gasteiger partial charge in [0, 0.05) is 18.5 Å². The number of sulfonamides is 1. The average Bonchev–Trinajstić information content (AvgIpc) is 2.66. The zero-order valence-electron chi connectivity index (χ0n) is 15.2. The molecule has 2 rings (SSSR count). The number of likely N-dealkylation sites (N-methyl/N-ethyl adjacent to an activating group) is 1. The van der Waals surface area contributed by atoms with Crippen LogP contribution in [0.15, 0.2) is 58.3 Å². The van der Waals surface area contributed by atoms with Gasteiger partial charge in [0.1, 0.15) is 0 Å². The molecule has 0 aliphatic heterocycles. The Hall–Kier alpha value is -2.04. The summed E-state index contributed by atoms with van der Waals surface area (Å²) in [5.74, 6) is -0.510. The molecule has 0 aliphatic carbocycles. The molecule has 0 fully saturated rings. The van der Waals surface area contributed by atoms with Crippen LogP contribution < -0.4 is 4.72 Å². The van der Waals surface area contributed by atoms with E-state index in [1.165, 1.54) is 11.9 Å². The Labute approximate surface area is 166 Å². The van der Waals surface area contributed by atoms with Crippen LogP contribution in [-0.4, -0.2) is 39.1 Å². The zero-order chi connectivity index (χ0) is 20.9. The number of benzene rings is 2. The lowest BCUT2D eigenvalue weighted by Gasteiger charge is -2.18. The summed E-state index contributed by atoms with van der Waals surface area (Å²) in [6.07, 6.45) is -2.71. The molecule has 5 nitrogen and oxygen atoms in total. The van der Waals surface area contributed by atoms with Crippen molar-refractivity contribution in [2.75, 3.05) is 19.8 Å². The van der Waals surface area contributed by atoms with Crippen LogP contribution >= 0.6 is 11.8 Å². The molecule has 0 saturated heterocycles. The maximum Gasteiger partial charge on any atom is 0.416 e. The van der Waals surface area contributed by atoms with Gasteiger partial charge >= 0.3 is 6.18 Å². The van der Waals surface area contributed by atoms with Gasteiger partial charge in [-0.25, -0.2) is 13.1 Å². The summed E-state index contributed by atoms with van der Waals surface area (Å²) in [5, 5.41) is 0. The lowest BCUT2D eigenvalue weighted by molar-refractivity contribution is -0.137. The Kier molecular flexibility index (Phi) is 7.13. The molecule has 0 bridgehead atoms. The van der Waals surface area contributed by atoms with Gasteiger partial charge in [-0.05, 0) is 42.2 Å². The standard InChI is InChI=1S/C18H19F3N2O3S2/c1-23(12-13-6-8-15(27-2)9-7-13)17(24)11-22-28(25,26)16-5-3-4-14(10-16)18(19,20)21/h3-10,22H,11-12H2,1-2H3. The summed E-state index contributed by atoms with van der Waals surface area (Å²) in [6, 6.07) is 10.9. The molecule has 10 heteroatoms. The fraction of sp³-hybridized carbons (Fsp3) is 0.278. The van der Waals surface area contributed by atoms with Crippen LogP contribution in [0.1, 0.15) is 11.1 Å². The molecule has 1 amide bonds. The molecule has 0 unspecified atom stereocenters. The summed E-state index contributed by atoms with van der Waals surface area (Å²) in [5.41, 5.74) is -0.207. The SMILES string of the molecule is CSc1ccc(CN(C)C(=O)CNS(=O)(=O)c2cccc(C(F)(F)F)c2)cc1. The maximum atomic E-state index is 12.8. The van der Waals surface area contributed by atoms with E-state index in [2.05, 4.69) is 0 Å². The van der Waals surface area contributed by atoms with Gasteiger partial charge in [0.15, 0.2) is 0 Å². The Bertz CT molecular complexity index is 930. The highest BCUT2D eigenvalue weighted by Crippen LogP contribution is 2.30. The van der Waals surface area contributed by atoms with Gasteiger partial charge in [-0.1, -0.05) is 18.2 Å². The molecular formula is C18H19F3N2O3S2. The Balaban J connectivity index is 2.00. The van der Waals surface area contributed by atoms with Crippen molar-refractivity contribution < 1.29 is 26.4 Å². The van der Waals surface area contributed by atoms with Crippen LogP contribution in [0.5, 0.6) is 0 Å². The second-order valence-corrected chi connectivity index (χ2v) is 8.59. The smallest absolute Gasteiger partial charge is 0.340 e. The third-order valence-electron chi connectivity index (χ3n) is 3.89. The molecule has 0 atom stereocenters. The highest BCUT2D eigenvalue weighted by atomic mass is 32.2. The Morgan fingerprint density at radius 2 is 1.79 bits per heavy atom. The van der Waals surface area contributed by atoms with Gasteiger partial charge in [0.25, 0.3) is 0 Å². The largest absolute Gasteiger partial charge is 0.416 e. The number of hydrogen-bond acceptors (Lipinski definition) is 4. The normalized spacial score (nSPS) is 12.0. The monoisotopic (exact) mass is 432 g/mol. The first-order chi connectivity index (χ1) is 13.0. The first-order valence-corrected chi connectivity index (χ1v) is 10.8. The molecule has 0 aromatic heterocycles. The van der Waals surface area contributed by atoms with E-state index in [9.17, 15) is 26.4 Å². The van der Waals surface area contributed by atoms with Crippen molar-refractivity contribution in [2.45, 2.75) is 22.5 Å². The molecule has 0 radical (unpaired) electrons. The molecule has 0 aliphatic rings. The molecule has 1 N–H and O–H groups in total. The quantitative estimate of drug-likeness (QED) is 0.682. The van der Waals surface area contributed by atoms with Crippen LogP contribution in [0.25, 0.3) is 0 Å². The van der Waals surface area contributed by atoms with E-state index in [1.54, 1.807) is 11.8 Å². The lowest BCUT2D eigenvalue weighted by Crippen LogP contribution is -2.37. The third kappa shape index (κ3) is 5.98. The van der Waals surface area contributed by atoms with Gasteiger partial charge in [-0.3, -0.25) is 4.79 Å². The average molecular weight is 432 g/mol. The predicted octanol–water partition coefficient (Wildman–Crippen LogP) is 3.36. The van der Waals surface area contributed by atoms with E-state index in [-0.39, 0.29) is 6.54 Å². The summed E-state index contributed by atoms with van der Waals surface area (Å²) >= 11 is 1.59. The van der Waals surface area contributed by atoms with Crippen LogP contribution in [0.3, 0.4) is 0 Å².